The van der Waals surface area contributed by atoms with E-state index in [1.807, 2.05) is 0 Å². The monoisotopic (exact) mass is 157 g/mol. The SMILES string of the molecule is O[B]Oc1cc(F)cc(F)c1. The van der Waals surface area contributed by atoms with Gasteiger partial charge in [-0.1, -0.05) is 0 Å². The number of rotatable bonds is 2. The summed E-state index contributed by atoms with van der Waals surface area (Å²) in [6, 6.07) is 2.62. The zero-order chi connectivity index (χ0) is 8.27. The van der Waals surface area contributed by atoms with Crippen LogP contribution in [0.15, 0.2) is 18.2 Å². The summed E-state index contributed by atoms with van der Waals surface area (Å²) >= 11 is 0. The molecule has 1 aromatic carbocycles. The van der Waals surface area contributed by atoms with Crippen LogP contribution in [0.1, 0.15) is 0 Å². The van der Waals surface area contributed by atoms with Crippen molar-refractivity contribution < 1.29 is 18.5 Å². The molecular formula is C6H4BF2O2. The summed E-state index contributed by atoms with van der Waals surface area (Å²) < 4.78 is 29.0. The number of benzene rings is 1. The largest absolute Gasteiger partial charge is 0.569 e. The van der Waals surface area contributed by atoms with Crippen molar-refractivity contribution in [1.29, 1.82) is 0 Å². The lowest BCUT2D eigenvalue weighted by Crippen LogP contribution is -2.00. The number of hydrogen-bond donors (Lipinski definition) is 1. The third-order valence-corrected chi connectivity index (χ3v) is 1.02. The fourth-order valence-electron chi connectivity index (χ4n) is 0.657. The topological polar surface area (TPSA) is 29.5 Å². The minimum Gasteiger partial charge on any atom is -0.537 e. The first-order chi connectivity index (χ1) is 5.22. The fourth-order valence-corrected chi connectivity index (χ4v) is 0.657. The highest BCUT2D eigenvalue weighted by molar-refractivity contribution is 6.17. The van der Waals surface area contributed by atoms with Gasteiger partial charge in [-0.2, -0.15) is 0 Å². The molecule has 11 heavy (non-hydrogen) atoms. The van der Waals surface area contributed by atoms with Crippen LogP contribution in [0, 0.1) is 11.6 Å². The molecule has 0 aliphatic heterocycles. The van der Waals surface area contributed by atoms with Gasteiger partial charge in [-0.25, -0.2) is 8.78 Å². The maximum Gasteiger partial charge on any atom is 0.569 e. The van der Waals surface area contributed by atoms with Crippen LogP contribution in [-0.2, 0) is 0 Å². The van der Waals surface area contributed by atoms with E-state index < -0.39 is 11.6 Å². The van der Waals surface area contributed by atoms with E-state index in [-0.39, 0.29) is 5.75 Å². The number of hydrogen-bond acceptors (Lipinski definition) is 2. The second-order valence-corrected chi connectivity index (χ2v) is 1.83. The first-order valence-corrected chi connectivity index (χ1v) is 2.81. The quantitative estimate of drug-likeness (QED) is 0.645. The molecule has 0 fully saturated rings. The van der Waals surface area contributed by atoms with Crippen LogP contribution >= 0.6 is 0 Å². The van der Waals surface area contributed by atoms with Crippen molar-refractivity contribution >= 4 is 7.69 Å². The summed E-state index contributed by atoms with van der Waals surface area (Å²) in [4.78, 5) is 0. The molecule has 0 aliphatic rings. The lowest BCUT2D eigenvalue weighted by atomic mass is 10.3. The predicted molar refractivity (Wildman–Crippen MR) is 35.0 cm³/mol. The smallest absolute Gasteiger partial charge is 0.537 e. The summed E-state index contributed by atoms with van der Waals surface area (Å²) in [5.74, 6) is -1.58. The molecule has 0 heterocycles. The molecule has 5 heteroatoms. The van der Waals surface area contributed by atoms with E-state index in [4.69, 9.17) is 5.02 Å². The molecule has 2 nitrogen and oxygen atoms in total. The van der Waals surface area contributed by atoms with Gasteiger partial charge in [0.05, 0.1) is 0 Å². The van der Waals surface area contributed by atoms with E-state index in [1.54, 1.807) is 0 Å². The first-order valence-electron chi connectivity index (χ1n) is 2.81. The third kappa shape index (κ3) is 2.20. The van der Waals surface area contributed by atoms with Gasteiger partial charge in [0, 0.05) is 18.2 Å². The summed E-state index contributed by atoms with van der Waals surface area (Å²) in [6.07, 6.45) is 0. The Labute approximate surface area is 62.7 Å². The molecular weight excluding hydrogens is 153 g/mol. The Morgan fingerprint density at radius 1 is 1.18 bits per heavy atom. The molecule has 0 atom stereocenters. The van der Waals surface area contributed by atoms with E-state index in [9.17, 15) is 8.78 Å². The Bertz CT molecular complexity index is 234. The van der Waals surface area contributed by atoms with E-state index in [2.05, 4.69) is 4.65 Å². The highest BCUT2D eigenvalue weighted by Gasteiger charge is 2.00. The molecule has 0 aliphatic carbocycles. The van der Waals surface area contributed by atoms with E-state index >= 15 is 0 Å². The summed E-state index contributed by atoms with van der Waals surface area (Å²) in [7, 11) is 0.355. The van der Waals surface area contributed by atoms with Gasteiger partial charge in [0.15, 0.2) is 0 Å². The van der Waals surface area contributed by atoms with Gasteiger partial charge in [-0.3, -0.25) is 0 Å². The third-order valence-electron chi connectivity index (χ3n) is 1.02. The average Bonchev–Trinajstić information content (AvgIpc) is 1.85. The fraction of sp³-hybridized carbons (Fsp3) is 0. The molecule has 0 aromatic heterocycles. The minimum absolute atomic E-state index is 0.0787. The van der Waals surface area contributed by atoms with Crippen molar-refractivity contribution in [2.75, 3.05) is 0 Å². The molecule has 0 amide bonds. The van der Waals surface area contributed by atoms with Crippen LogP contribution in [-0.4, -0.2) is 12.7 Å². The molecule has 0 bridgehead atoms. The highest BCUT2D eigenvalue weighted by atomic mass is 19.1. The van der Waals surface area contributed by atoms with Crippen LogP contribution in [0.4, 0.5) is 8.78 Å². The maximum absolute atomic E-state index is 12.3. The Kier molecular flexibility index (Phi) is 2.43. The molecule has 1 aromatic rings. The zero-order valence-corrected chi connectivity index (χ0v) is 5.42. The van der Waals surface area contributed by atoms with Gasteiger partial charge >= 0.3 is 7.69 Å². The van der Waals surface area contributed by atoms with Gasteiger partial charge in [0.25, 0.3) is 0 Å². The maximum atomic E-state index is 12.3. The van der Waals surface area contributed by atoms with Crippen LogP contribution < -0.4 is 4.65 Å². The molecule has 1 N–H and O–H groups in total. The van der Waals surface area contributed by atoms with Crippen molar-refractivity contribution in [3.8, 4) is 5.75 Å². The van der Waals surface area contributed by atoms with Crippen LogP contribution in [0.3, 0.4) is 0 Å². The van der Waals surface area contributed by atoms with Gasteiger partial charge in [0.1, 0.15) is 17.4 Å². The normalized spacial score (nSPS) is 9.36. The van der Waals surface area contributed by atoms with Gasteiger partial charge in [-0.15, -0.1) is 0 Å². The number of halogens is 2. The highest BCUT2D eigenvalue weighted by Crippen LogP contribution is 2.14. The van der Waals surface area contributed by atoms with Crippen molar-refractivity contribution in [1.82, 2.24) is 0 Å². The summed E-state index contributed by atoms with van der Waals surface area (Å²) in [6.45, 7) is 0. The van der Waals surface area contributed by atoms with Crippen molar-refractivity contribution in [2.45, 2.75) is 0 Å². The molecule has 0 saturated heterocycles. The lowest BCUT2D eigenvalue weighted by Gasteiger charge is -2.00. The second-order valence-electron chi connectivity index (χ2n) is 1.83. The Hall–Kier alpha value is -1.10. The van der Waals surface area contributed by atoms with Crippen LogP contribution in [0.5, 0.6) is 5.75 Å². The molecule has 1 radical (unpaired) electrons. The van der Waals surface area contributed by atoms with E-state index in [1.165, 1.54) is 0 Å². The average molecular weight is 157 g/mol. The van der Waals surface area contributed by atoms with Crippen molar-refractivity contribution in [3.63, 3.8) is 0 Å². The van der Waals surface area contributed by atoms with Crippen molar-refractivity contribution in [3.05, 3.63) is 29.8 Å². The second kappa shape index (κ2) is 3.34. The van der Waals surface area contributed by atoms with Gasteiger partial charge < -0.3 is 9.68 Å². The van der Waals surface area contributed by atoms with Gasteiger partial charge in [0.2, 0.25) is 0 Å². The standard InChI is InChI=1S/C6H4BF2O2/c8-4-1-5(9)3-6(2-4)11-7-10/h1-3,10H. The molecule has 0 spiro atoms. The summed E-state index contributed by atoms with van der Waals surface area (Å²) in [5, 5.41) is 8.11. The van der Waals surface area contributed by atoms with E-state index in [0.717, 1.165) is 12.1 Å². The molecule has 57 valence electrons. The summed E-state index contributed by atoms with van der Waals surface area (Å²) in [5.41, 5.74) is 0. The van der Waals surface area contributed by atoms with Crippen LogP contribution in [0.2, 0.25) is 0 Å². The predicted octanol–water partition coefficient (Wildman–Crippen LogP) is 0.870. The first kappa shape index (κ1) is 8.01. The Morgan fingerprint density at radius 3 is 2.18 bits per heavy atom. The Morgan fingerprint density at radius 2 is 1.73 bits per heavy atom. The minimum atomic E-state index is -0.748. The van der Waals surface area contributed by atoms with E-state index in [0.29, 0.717) is 13.8 Å². The van der Waals surface area contributed by atoms with Gasteiger partial charge in [-0.05, 0) is 0 Å². The zero-order valence-electron chi connectivity index (χ0n) is 5.42. The van der Waals surface area contributed by atoms with Crippen LogP contribution in [0.25, 0.3) is 0 Å². The molecule has 0 saturated carbocycles. The molecule has 0 unspecified atom stereocenters. The lowest BCUT2D eigenvalue weighted by molar-refractivity contribution is 0.447. The Balaban J connectivity index is 2.89. The van der Waals surface area contributed by atoms with Crippen molar-refractivity contribution in [2.24, 2.45) is 0 Å². The molecule has 1 rings (SSSR count).